The van der Waals surface area contributed by atoms with Gasteiger partial charge in [-0.25, -0.2) is 0 Å². The highest BCUT2D eigenvalue weighted by molar-refractivity contribution is 5.93. The third-order valence-corrected chi connectivity index (χ3v) is 8.58. The van der Waals surface area contributed by atoms with E-state index in [-0.39, 0.29) is 23.7 Å². The molecule has 2 nitrogen and oxygen atoms in total. The Hall–Kier alpha value is -2.07. The molecule has 0 radical (unpaired) electrons. The van der Waals surface area contributed by atoms with E-state index >= 15 is 0 Å². The lowest BCUT2D eigenvalue weighted by molar-refractivity contribution is -0.114. The number of rotatable bonds is 5. The lowest BCUT2D eigenvalue weighted by Gasteiger charge is -2.52. The number of carbonyl (C=O) groups is 1. The molecular weight excluding hydrogens is 406 g/mol. The number of fused-ring (bicyclic) bond motifs is 4. The Balaban J connectivity index is 1.51. The average Bonchev–Trinajstić information content (AvgIpc) is 3.12. The number of hydrogen-bond acceptors (Lipinski definition) is 2. The second-order valence-electron chi connectivity index (χ2n) is 10.2. The van der Waals surface area contributed by atoms with Gasteiger partial charge in [-0.2, -0.15) is 8.78 Å². The van der Waals surface area contributed by atoms with Crippen molar-refractivity contribution in [2.45, 2.75) is 70.3 Å². The van der Waals surface area contributed by atoms with Crippen LogP contribution in [0, 0.1) is 17.3 Å². The monoisotopic (exact) mass is 438 g/mol. The van der Waals surface area contributed by atoms with Gasteiger partial charge in [-0.05, 0) is 91.1 Å². The van der Waals surface area contributed by atoms with E-state index in [1.54, 1.807) is 5.57 Å². The van der Waals surface area contributed by atoms with Crippen LogP contribution in [0.3, 0.4) is 0 Å². The van der Waals surface area contributed by atoms with Crippen molar-refractivity contribution < 1.29 is 18.3 Å². The van der Waals surface area contributed by atoms with Crippen LogP contribution < -0.4 is 0 Å². The van der Waals surface area contributed by atoms with Gasteiger partial charge in [-0.1, -0.05) is 42.8 Å². The van der Waals surface area contributed by atoms with Gasteiger partial charge in [0.15, 0.2) is 5.78 Å². The zero-order chi connectivity index (χ0) is 22.3. The van der Waals surface area contributed by atoms with Crippen LogP contribution in [0.5, 0.6) is 0 Å². The Bertz CT molecular complexity index is 972. The minimum absolute atomic E-state index is 0.0406. The van der Waals surface area contributed by atoms with E-state index in [9.17, 15) is 13.6 Å². The van der Waals surface area contributed by atoms with Gasteiger partial charge in [0.25, 0.3) is 6.08 Å². The van der Waals surface area contributed by atoms with Crippen molar-refractivity contribution in [3.05, 3.63) is 70.8 Å². The quantitative estimate of drug-likeness (QED) is 0.457. The molecule has 0 aliphatic heterocycles. The highest BCUT2D eigenvalue weighted by Gasteiger charge is 2.57. The van der Waals surface area contributed by atoms with E-state index in [1.807, 2.05) is 6.08 Å². The molecule has 5 atom stereocenters. The molecule has 4 aliphatic rings. The maximum atomic E-state index is 12.4. The second-order valence-corrected chi connectivity index (χ2v) is 10.2. The van der Waals surface area contributed by atoms with E-state index in [1.165, 1.54) is 16.7 Å². The van der Waals surface area contributed by atoms with Crippen LogP contribution in [0.25, 0.3) is 0 Å². The van der Waals surface area contributed by atoms with Crippen LogP contribution in [-0.4, -0.2) is 18.5 Å². The molecule has 32 heavy (non-hydrogen) atoms. The fourth-order valence-electron chi connectivity index (χ4n) is 7.25. The zero-order valence-electron chi connectivity index (χ0n) is 18.8. The smallest absolute Gasteiger partial charge is 0.266 e. The van der Waals surface area contributed by atoms with Crippen molar-refractivity contribution in [1.29, 1.82) is 0 Å². The van der Waals surface area contributed by atoms with Gasteiger partial charge in [-0.3, -0.25) is 4.79 Å². The summed E-state index contributed by atoms with van der Waals surface area (Å²) in [6, 6.07) is 10.8. The van der Waals surface area contributed by atoms with E-state index in [4.69, 9.17) is 4.74 Å². The van der Waals surface area contributed by atoms with Crippen LogP contribution in [0.1, 0.15) is 69.8 Å². The molecular formula is C28H32F2O2. The molecule has 0 N–H and O–H groups in total. The van der Waals surface area contributed by atoms with Crippen molar-refractivity contribution in [2.24, 2.45) is 17.3 Å². The van der Waals surface area contributed by atoms with Crippen molar-refractivity contribution in [3.8, 4) is 0 Å². The van der Waals surface area contributed by atoms with Crippen molar-refractivity contribution in [3.63, 3.8) is 0 Å². The number of allylic oxidation sites excluding steroid dienone is 4. The number of carbonyl (C=O) groups excluding carboxylic acids is 1. The summed E-state index contributed by atoms with van der Waals surface area (Å²) in [5.41, 5.74) is 5.73. The van der Waals surface area contributed by atoms with E-state index in [2.05, 4.69) is 37.3 Å². The summed E-state index contributed by atoms with van der Waals surface area (Å²) in [4.78, 5) is 12.1. The molecule has 5 rings (SSSR count). The summed E-state index contributed by atoms with van der Waals surface area (Å²) >= 11 is 0. The molecule has 170 valence electrons. The fourth-order valence-corrected chi connectivity index (χ4v) is 7.25. The van der Waals surface area contributed by atoms with E-state index in [0.29, 0.717) is 30.8 Å². The molecule has 0 spiro atoms. The first-order chi connectivity index (χ1) is 15.5. The van der Waals surface area contributed by atoms with Crippen molar-refractivity contribution in [2.75, 3.05) is 6.61 Å². The first-order valence-corrected chi connectivity index (χ1v) is 12.1. The molecule has 0 heterocycles. The third kappa shape index (κ3) is 3.81. The van der Waals surface area contributed by atoms with Crippen LogP contribution in [0.4, 0.5) is 8.78 Å². The van der Waals surface area contributed by atoms with Gasteiger partial charge < -0.3 is 4.74 Å². The van der Waals surface area contributed by atoms with Gasteiger partial charge in [0.1, 0.15) is 0 Å². The number of ether oxygens (including phenoxy) is 1. The Labute approximate surface area is 189 Å². The molecule has 0 aromatic heterocycles. The molecule has 4 heteroatoms. The summed E-state index contributed by atoms with van der Waals surface area (Å²) in [6.45, 7) is 2.74. The van der Waals surface area contributed by atoms with E-state index in [0.717, 1.165) is 44.6 Å². The Morgan fingerprint density at radius 3 is 2.72 bits per heavy atom. The largest absolute Gasteiger partial charge is 0.377 e. The summed E-state index contributed by atoms with van der Waals surface area (Å²) in [6.07, 6.45) is 8.40. The van der Waals surface area contributed by atoms with Crippen LogP contribution >= 0.6 is 0 Å². The molecule has 2 saturated carbocycles. The third-order valence-electron chi connectivity index (χ3n) is 8.58. The Morgan fingerprint density at radius 1 is 1.12 bits per heavy atom. The van der Waals surface area contributed by atoms with Gasteiger partial charge >= 0.3 is 0 Å². The Morgan fingerprint density at radius 2 is 1.94 bits per heavy atom. The summed E-state index contributed by atoms with van der Waals surface area (Å²) in [5.74, 6) is 1.69. The normalized spacial score (nSPS) is 33.8. The van der Waals surface area contributed by atoms with Crippen LogP contribution in [0.2, 0.25) is 0 Å². The van der Waals surface area contributed by atoms with Crippen LogP contribution in [0.15, 0.2) is 65.3 Å². The van der Waals surface area contributed by atoms with Crippen LogP contribution in [-0.2, 0) is 9.53 Å². The Kier molecular flexibility index (Phi) is 5.92. The standard InChI is InChI=1S/C28H32F2O2/c1-28-17-23(18-6-3-2-4-7-18)27-21-12-10-20(31)16-19(21)9-11-22(27)24(28)13-14-25(28)32-15-5-8-26(29)30/h2-4,6-8,16,22-25H,5,9-15,17H2,1H3. The van der Waals surface area contributed by atoms with Gasteiger partial charge in [0.05, 0.1) is 12.7 Å². The van der Waals surface area contributed by atoms with Gasteiger partial charge in [0.2, 0.25) is 0 Å². The number of hydrogen-bond donors (Lipinski definition) is 0. The molecule has 0 amide bonds. The maximum Gasteiger partial charge on any atom is 0.266 e. The van der Waals surface area contributed by atoms with Crippen molar-refractivity contribution >= 4 is 5.78 Å². The minimum atomic E-state index is -1.63. The average molecular weight is 439 g/mol. The topological polar surface area (TPSA) is 26.3 Å². The van der Waals surface area contributed by atoms with Crippen molar-refractivity contribution in [1.82, 2.24) is 0 Å². The van der Waals surface area contributed by atoms with Gasteiger partial charge in [0, 0.05) is 12.3 Å². The molecule has 0 saturated heterocycles. The summed E-state index contributed by atoms with van der Waals surface area (Å²) < 4.78 is 31.1. The predicted molar refractivity (Wildman–Crippen MR) is 121 cm³/mol. The maximum absolute atomic E-state index is 12.4. The second kappa shape index (κ2) is 8.70. The SMILES string of the molecule is CC12CC(c3ccccc3)C3=C4CCC(=O)C=C4CCC3C1CCC2OCCC=C(F)F. The molecule has 2 fully saturated rings. The molecule has 4 aliphatic carbocycles. The fraction of sp³-hybridized carbons (Fsp3) is 0.536. The number of benzene rings is 1. The molecule has 5 unspecified atom stereocenters. The number of ketones is 1. The number of halogens is 2. The molecule has 1 aromatic carbocycles. The first-order valence-electron chi connectivity index (χ1n) is 12.1. The summed E-state index contributed by atoms with van der Waals surface area (Å²) in [5, 5.41) is 0. The highest BCUT2D eigenvalue weighted by atomic mass is 19.3. The lowest BCUT2D eigenvalue weighted by Crippen LogP contribution is -2.45. The summed E-state index contributed by atoms with van der Waals surface area (Å²) in [7, 11) is 0. The lowest BCUT2D eigenvalue weighted by atomic mass is 9.53. The minimum Gasteiger partial charge on any atom is -0.377 e. The van der Waals surface area contributed by atoms with Gasteiger partial charge in [-0.15, -0.1) is 0 Å². The first kappa shape index (κ1) is 21.8. The molecule has 1 aromatic rings. The van der Waals surface area contributed by atoms with E-state index < -0.39 is 6.08 Å². The zero-order valence-corrected chi connectivity index (χ0v) is 18.8. The predicted octanol–water partition coefficient (Wildman–Crippen LogP) is 7.14. The molecule has 0 bridgehead atoms. The highest BCUT2D eigenvalue weighted by Crippen LogP contribution is 2.64.